The summed E-state index contributed by atoms with van der Waals surface area (Å²) in [5.41, 5.74) is 5.41. The van der Waals surface area contributed by atoms with Gasteiger partial charge in [-0.2, -0.15) is 5.10 Å². The van der Waals surface area contributed by atoms with Crippen molar-refractivity contribution >= 4 is 17.0 Å². The van der Waals surface area contributed by atoms with E-state index in [0.29, 0.717) is 17.6 Å². The number of nitrogens with one attached hydrogen (secondary N) is 2. The molecule has 0 atom stereocenters. The fourth-order valence-electron chi connectivity index (χ4n) is 3.24. The first-order valence-electron chi connectivity index (χ1n) is 8.03. The van der Waals surface area contributed by atoms with Crippen LogP contribution in [0.4, 0.5) is 0 Å². The van der Waals surface area contributed by atoms with E-state index >= 15 is 0 Å². The number of aryl methyl sites for hydroxylation is 2. The minimum atomic E-state index is -0.522. The summed E-state index contributed by atoms with van der Waals surface area (Å²) >= 11 is 0. The second-order valence-electron chi connectivity index (χ2n) is 6.18. The Morgan fingerprint density at radius 2 is 2.29 bits per heavy atom. The zero-order valence-electron chi connectivity index (χ0n) is 13.4. The van der Waals surface area contributed by atoms with Gasteiger partial charge < -0.3 is 9.73 Å². The lowest BCUT2D eigenvalue weighted by molar-refractivity contribution is -0.121. The third-order valence-corrected chi connectivity index (χ3v) is 4.47. The first-order chi connectivity index (χ1) is 11.6. The van der Waals surface area contributed by atoms with Crippen LogP contribution in [-0.4, -0.2) is 20.7 Å². The van der Waals surface area contributed by atoms with Gasteiger partial charge in [-0.25, -0.2) is 4.79 Å². The Bertz CT molecular complexity index is 980. The number of carbonyl (C=O) groups is 1. The summed E-state index contributed by atoms with van der Waals surface area (Å²) in [6.07, 6.45) is 3.15. The maximum atomic E-state index is 12.2. The minimum Gasteiger partial charge on any atom is -0.408 e. The molecule has 24 heavy (non-hydrogen) atoms. The van der Waals surface area contributed by atoms with Crippen molar-refractivity contribution in [3.63, 3.8) is 0 Å². The molecule has 0 unspecified atom stereocenters. The number of H-pyrrole nitrogens is 1. The van der Waals surface area contributed by atoms with E-state index in [4.69, 9.17) is 4.42 Å². The maximum Gasteiger partial charge on any atom is 0.420 e. The average Bonchev–Trinajstić information content (AvgIpc) is 3.22. The first kappa shape index (κ1) is 14.7. The Balaban J connectivity index is 1.49. The average molecular weight is 326 g/mol. The third-order valence-electron chi connectivity index (χ3n) is 4.47. The minimum absolute atomic E-state index is 0.0676. The summed E-state index contributed by atoms with van der Waals surface area (Å²) in [7, 11) is 0. The quantitative estimate of drug-likeness (QED) is 0.758. The summed E-state index contributed by atoms with van der Waals surface area (Å²) in [6, 6.07) is 5.45. The number of benzene rings is 1. The Hall–Kier alpha value is -2.83. The van der Waals surface area contributed by atoms with E-state index in [1.54, 1.807) is 6.07 Å². The Morgan fingerprint density at radius 3 is 3.17 bits per heavy atom. The van der Waals surface area contributed by atoms with Crippen molar-refractivity contribution in [1.82, 2.24) is 20.1 Å². The van der Waals surface area contributed by atoms with E-state index in [2.05, 4.69) is 15.5 Å². The van der Waals surface area contributed by atoms with Crippen LogP contribution >= 0.6 is 0 Å². The number of amides is 1. The monoisotopic (exact) mass is 326 g/mol. The highest BCUT2D eigenvalue weighted by molar-refractivity contribution is 5.79. The van der Waals surface area contributed by atoms with Gasteiger partial charge in [0.05, 0.1) is 17.8 Å². The van der Waals surface area contributed by atoms with Gasteiger partial charge in [0.25, 0.3) is 0 Å². The molecule has 0 spiro atoms. The Morgan fingerprint density at radius 1 is 1.42 bits per heavy atom. The van der Waals surface area contributed by atoms with Crippen molar-refractivity contribution in [2.24, 2.45) is 0 Å². The van der Waals surface area contributed by atoms with Gasteiger partial charge in [-0.05, 0) is 49.4 Å². The molecule has 2 N–H and O–H groups in total. The van der Waals surface area contributed by atoms with Crippen LogP contribution in [0.25, 0.3) is 11.1 Å². The Labute approximate surface area is 137 Å². The lowest BCUT2D eigenvalue weighted by Crippen LogP contribution is -2.30. The van der Waals surface area contributed by atoms with Gasteiger partial charge in [0, 0.05) is 5.69 Å². The molecule has 1 amide bonds. The van der Waals surface area contributed by atoms with Crippen molar-refractivity contribution in [2.75, 3.05) is 0 Å². The molecule has 1 aliphatic rings. The zero-order chi connectivity index (χ0) is 16.7. The number of rotatable bonds is 4. The topological polar surface area (TPSA) is 92.9 Å². The number of aromatic nitrogens is 3. The van der Waals surface area contributed by atoms with Crippen molar-refractivity contribution < 1.29 is 9.21 Å². The van der Waals surface area contributed by atoms with Gasteiger partial charge in [-0.15, -0.1) is 0 Å². The molecule has 2 aromatic heterocycles. The lowest BCUT2D eigenvalue weighted by Gasteiger charge is -2.05. The van der Waals surface area contributed by atoms with Crippen LogP contribution in [0.15, 0.2) is 27.4 Å². The molecule has 0 fully saturated rings. The largest absolute Gasteiger partial charge is 0.420 e. The molecule has 0 saturated heterocycles. The number of nitrogens with zero attached hydrogens (tertiary/aromatic N) is 2. The van der Waals surface area contributed by atoms with E-state index in [0.717, 1.165) is 30.5 Å². The van der Waals surface area contributed by atoms with E-state index < -0.39 is 5.76 Å². The van der Waals surface area contributed by atoms with Crippen LogP contribution in [-0.2, 0) is 30.7 Å². The van der Waals surface area contributed by atoms with Crippen molar-refractivity contribution in [3.05, 3.63) is 51.3 Å². The number of hydrogen-bond acceptors (Lipinski definition) is 4. The molecule has 2 heterocycles. The smallest absolute Gasteiger partial charge is 0.408 e. The fraction of sp³-hybridized carbons (Fsp3) is 0.353. The third kappa shape index (κ3) is 2.51. The van der Waals surface area contributed by atoms with Crippen molar-refractivity contribution in [1.29, 1.82) is 0 Å². The molecule has 0 radical (unpaired) electrons. The zero-order valence-corrected chi connectivity index (χ0v) is 13.4. The highest BCUT2D eigenvalue weighted by Crippen LogP contribution is 2.22. The van der Waals surface area contributed by atoms with E-state index in [1.807, 2.05) is 19.1 Å². The molecule has 0 aliphatic heterocycles. The molecule has 7 heteroatoms. The van der Waals surface area contributed by atoms with E-state index in [-0.39, 0.29) is 12.5 Å². The summed E-state index contributed by atoms with van der Waals surface area (Å²) < 4.78 is 6.53. The number of fused-ring (bicyclic) bond motifs is 2. The summed E-state index contributed by atoms with van der Waals surface area (Å²) in [4.78, 5) is 24.2. The summed E-state index contributed by atoms with van der Waals surface area (Å²) in [5, 5.41) is 10.1. The normalized spacial score (nSPS) is 13.4. The van der Waals surface area contributed by atoms with Gasteiger partial charge in [0.1, 0.15) is 6.54 Å². The van der Waals surface area contributed by atoms with Gasteiger partial charge in [0.2, 0.25) is 5.91 Å². The molecule has 0 bridgehead atoms. The first-order valence-corrected chi connectivity index (χ1v) is 8.03. The molecule has 1 aliphatic carbocycles. The van der Waals surface area contributed by atoms with Crippen LogP contribution in [0.3, 0.4) is 0 Å². The number of hydrogen-bond donors (Lipinski definition) is 2. The molecule has 4 rings (SSSR count). The van der Waals surface area contributed by atoms with Crippen LogP contribution in [0.5, 0.6) is 0 Å². The standard InChI is InChI=1S/C17H18N4O3/c1-10-5-6-15-14(7-10)21(17(23)24-15)9-16(22)18-8-13-11-3-2-4-12(11)19-20-13/h5-7H,2-4,8-9H2,1H3,(H,18,22)(H,19,20). The van der Waals surface area contributed by atoms with Crippen molar-refractivity contribution in [2.45, 2.75) is 39.3 Å². The highest BCUT2D eigenvalue weighted by atomic mass is 16.4. The number of carbonyl (C=O) groups excluding carboxylic acids is 1. The van der Waals surface area contributed by atoms with Crippen LogP contribution in [0, 0.1) is 6.92 Å². The molecule has 7 nitrogen and oxygen atoms in total. The van der Waals surface area contributed by atoms with Crippen LogP contribution in [0.1, 0.15) is 28.9 Å². The SMILES string of the molecule is Cc1ccc2oc(=O)n(CC(=O)NCc3n[nH]c4c3CCC4)c2c1. The molecular formula is C17H18N4O3. The predicted molar refractivity (Wildman–Crippen MR) is 87.7 cm³/mol. The van der Waals surface area contributed by atoms with E-state index in [1.165, 1.54) is 15.8 Å². The predicted octanol–water partition coefficient (Wildman–Crippen LogP) is 1.43. The van der Waals surface area contributed by atoms with Crippen LogP contribution < -0.4 is 11.1 Å². The maximum absolute atomic E-state index is 12.2. The van der Waals surface area contributed by atoms with Gasteiger partial charge in [-0.1, -0.05) is 6.07 Å². The van der Waals surface area contributed by atoms with Crippen LogP contribution in [0.2, 0.25) is 0 Å². The lowest BCUT2D eigenvalue weighted by atomic mass is 10.2. The summed E-state index contributed by atoms with van der Waals surface area (Å²) in [5.74, 6) is -0.762. The molecule has 3 aromatic rings. The number of oxazole rings is 1. The number of aromatic amines is 1. The molecule has 0 saturated carbocycles. The Kier molecular flexibility index (Phi) is 3.48. The second-order valence-corrected chi connectivity index (χ2v) is 6.18. The second kappa shape index (κ2) is 5.67. The van der Waals surface area contributed by atoms with E-state index in [9.17, 15) is 9.59 Å². The van der Waals surface area contributed by atoms with Gasteiger partial charge in [0.15, 0.2) is 5.58 Å². The van der Waals surface area contributed by atoms with Gasteiger partial charge >= 0.3 is 5.76 Å². The van der Waals surface area contributed by atoms with Crippen molar-refractivity contribution in [3.8, 4) is 0 Å². The molecular weight excluding hydrogens is 308 g/mol. The summed E-state index contributed by atoms with van der Waals surface area (Å²) in [6.45, 7) is 2.23. The molecule has 1 aromatic carbocycles. The highest BCUT2D eigenvalue weighted by Gasteiger charge is 2.19. The molecule has 124 valence electrons. The fourth-order valence-corrected chi connectivity index (χ4v) is 3.24. The van der Waals surface area contributed by atoms with Gasteiger partial charge in [-0.3, -0.25) is 14.5 Å².